The van der Waals surface area contributed by atoms with Gasteiger partial charge in [0.25, 0.3) is 0 Å². The summed E-state index contributed by atoms with van der Waals surface area (Å²) in [6.07, 6.45) is 2.59. The molecule has 22 heavy (non-hydrogen) atoms. The molecule has 0 unspecified atom stereocenters. The standard InChI is InChI=1S/C15H19FN4OS/c1-9-8-22-15(17-9)14-19-12(7-13(20-14)21-2)18-11-6-4-3-5-10(11)16/h7-8,10-11H,3-6H2,1-2H3,(H,18,19,20)/t10-,11-/m1/s1. The van der Waals surface area contributed by atoms with Gasteiger partial charge in [0.05, 0.1) is 13.2 Å². The first-order chi connectivity index (χ1) is 10.7. The molecule has 2 aromatic heterocycles. The first-order valence-electron chi connectivity index (χ1n) is 7.42. The lowest BCUT2D eigenvalue weighted by Gasteiger charge is -2.27. The maximum Gasteiger partial charge on any atom is 0.218 e. The third kappa shape index (κ3) is 3.35. The quantitative estimate of drug-likeness (QED) is 0.932. The highest BCUT2D eigenvalue weighted by atomic mass is 32.1. The Bertz CT molecular complexity index is 648. The number of rotatable bonds is 4. The molecule has 5 nitrogen and oxygen atoms in total. The smallest absolute Gasteiger partial charge is 0.218 e. The van der Waals surface area contributed by atoms with E-state index in [1.165, 1.54) is 11.3 Å². The number of hydrogen-bond donors (Lipinski definition) is 1. The molecule has 0 bridgehead atoms. The Kier molecular flexibility index (Phi) is 4.52. The van der Waals surface area contributed by atoms with Gasteiger partial charge in [0, 0.05) is 17.1 Å². The van der Waals surface area contributed by atoms with Crippen molar-refractivity contribution in [1.29, 1.82) is 0 Å². The largest absolute Gasteiger partial charge is 0.481 e. The average molecular weight is 322 g/mol. The van der Waals surface area contributed by atoms with E-state index in [4.69, 9.17) is 4.74 Å². The van der Waals surface area contributed by atoms with Gasteiger partial charge in [0.1, 0.15) is 12.0 Å². The van der Waals surface area contributed by atoms with Crippen LogP contribution in [0.25, 0.3) is 10.8 Å². The van der Waals surface area contributed by atoms with E-state index < -0.39 is 6.17 Å². The molecule has 1 aliphatic carbocycles. The molecule has 1 fully saturated rings. The molecule has 0 amide bonds. The van der Waals surface area contributed by atoms with Gasteiger partial charge in [0.2, 0.25) is 5.88 Å². The van der Waals surface area contributed by atoms with Crippen LogP contribution in [0.15, 0.2) is 11.4 Å². The van der Waals surface area contributed by atoms with E-state index >= 15 is 0 Å². The molecule has 0 aromatic carbocycles. The van der Waals surface area contributed by atoms with Gasteiger partial charge in [-0.05, 0) is 19.8 Å². The van der Waals surface area contributed by atoms with Gasteiger partial charge >= 0.3 is 0 Å². The Morgan fingerprint density at radius 1 is 1.27 bits per heavy atom. The summed E-state index contributed by atoms with van der Waals surface area (Å²) < 4.78 is 19.2. The summed E-state index contributed by atoms with van der Waals surface area (Å²) in [4.78, 5) is 13.2. The number of anilines is 1. The number of hydrogen-bond acceptors (Lipinski definition) is 6. The van der Waals surface area contributed by atoms with Crippen LogP contribution in [0.1, 0.15) is 31.4 Å². The molecule has 2 aromatic rings. The summed E-state index contributed by atoms with van der Waals surface area (Å²) >= 11 is 1.48. The zero-order valence-corrected chi connectivity index (χ0v) is 13.5. The van der Waals surface area contributed by atoms with Crippen LogP contribution >= 0.6 is 11.3 Å². The zero-order valence-electron chi connectivity index (χ0n) is 12.7. The second-order valence-electron chi connectivity index (χ2n) is 5.46. The fraction of sp³-hybridized carbons (Fsp3) is 0.533. The van der Waals surface area contributed by atoms with Crippen LogP contribution in [-0.4, -0.2) is 34.3 Å². The maximum atomic E-state index is 14.0. The first kappa shape index (κ1) is 15.1. The molecule has 0 spiro atoms. The van der Waals surface area contributed by atoms with Crippen molar-refractivity contribution in [1.82, 2.24) is 15.0 Å². The second kappa shape index (κ2) is 6.56. The second-order valence-corrected chi connectivity index (χ2v) is 6.32. The number of aromatic nitrogens is 3. The van der Waals surface area contributed by atoms with Gasteiger partial charge < -0.3 is 10.1 Å². The number of thiazole rings is 1. The summed E-state index contributed by atoms with van der Waals surface area (Å²) in [7, 11) is 1.56. The van der Waals surface area contributed by atoms with E-state index in [1.54, 1.807) is 13.2 Å². The number of alkyl halides is 1. The van der Waals surface area contributed by atoms with Gasteiger partial charge in [-0.3, -0.25) is 0 Å². The molecule has 0 saturated heterocycles. The summed E-state index contributed by atoms with van der Waals surface area (Å²) in [6.45, 7) is 1.93. The molecular weight excluding hydrogens is 303 g/mol. The molecular formula is C15H19FN4OS. The molecule has 118 valence electrons. The van der Waals surface area contributed by atoms with Crippen LogP contribution in [0.3, 0.4) is 0 Å². The third-order valence-electron chi connectivity index (χ3n) is 3.74. The highest BCUT2D eigenvalue weighted by Crippen LogP contribution is 2.27. The minimum absolute atomic E-state index is 0.195. The number of nitrogens with one attached hydrogen (secondary N) is 1. The van der Waals surface area contributed by atoms with Crippen LogP contribution in [0, 0.1) is 6.92 Å². The Morgan fingerprint density at radius 2 is 2.09 bits per heavy atom. The van der Waals surface area contributed by atoms with Gasteiger partial charge in [-0.2, -0.15) is 4.98 Å². The Labute approximate surface area is 133 Å². The first-order valence-corrected chi connectivity index (χ1v) is 8.30. The summed E-state index contributed by atoms with van der Waals surface area (Å²) in [5.74, 6) is 1.54. The molecule has 7 heteroatoms. The molecule has 1 N–H and O–H groups in total. The molecule has 3 rings (SSSR count). The van der Waals surface area contributed by atoms with Gasteiger partial charge in [-0.15, -0.1) is 11.3 Å². The van der Waals surface area contributed by atoms with Crippen LogP contribution in [0.4, 0.5) is 10.2 Å². The SMILES string of the molecule is COc1cc(N[C@@H]2CCCC[C@H]2F)nc(-c2nc(C)cs2)n1. The highest BCUT2D eigenvalue weighted by Gasteiger charge is 2.25. The van der Waals surface area contributed by atoms with E-state index in [0.717, 1.165) is 30.0 Å². The van der Waals surface area contributed by atoms with Crippen molar-refractivity contribution in [3.8, 4) is 16.7 Å². The van der Waals surface area contributed by atoms with Gasteiger partial charge in [-0.25, -0.2) is 14.4 Å². The van der Waals surface area contributed by atoms with Gasteiger partial charge in [-0.1, -0.05) is 12.8 Å². The van der Waals surface area contributed by atoms with Gasteiger partial charge in [0.15, 0.2) is 10.8 Å². The molecule has 0 radical (unpaired) electrons. The third-order valence-corrected chi connectivity index (χ3v) is 4.69. The predicted octanol–water partition coefficient (Wildman–Crippen LogP) is 3.61. The van der Waals surface area contributed by atoms with Crippen molar-refractivity contribution in [3.05, 3.63) is 17.1 Å². The lowest BCUT2D eigenvalue weighted by molar-refractivity contribution is 0.229. The fourth-order valence-corrected chi connectivity index (χ4v) is 3.32. The van der Waals surface area contributed by atoms with Crippen LogP contribution in [0.5, 0.6) is 5.88 Å². The maximum absolute atomic E-state index is 14.0. The summed E-state index contributed by atoms with van der Waals surface area (Å²) in [5.41, 5.74) is 0.928. The fourth-order valence-electron chi connectivity index (χ4n) is 2.59. The van der Waals surface area contributed by atoms with E-state index in [-0.39, 0.29) is 6.04 Å². The molecule has 1 aliphatic rings. The molecule has 2 atom stereocenters. The van der Waals surface area contributed by atoms with E-state index in [0.29, 0.717) is 23.9 Å². The predicted molar refractivity (Wildman–Crippen MR) is 85.2 cm³/mol. The van der Waals surface area contributed by atoms with Crippen LogP contribution in [0.2, 0.25) is 0 Å². The van der Waals surface area contributed by atoms with Crippen molar-refractivity contribution in [2.45, 2.75) is 44.8 Å². The molecule has 0 aliphatic heterocycles. The molecule has 1 saturated carbocycles. The van der Waals surface area contributed by atoms with Crippen molar-refractivity contribution in [3.63, 3.8) is 0 Å². The van der Waals surface area contributed by atoms with E-state index in [1.807, 2.05) is 12.3 Å². The summed E-state index contributed by atoms with van der Waals surface area (Å²) in [5, 5.41) is 5.88. The monoisotopic (exact) mass is 322 g/mol. The summed E-state index contributed by atoms with van der Waals surface area (Å²) in [6, 6.07) is 1.50. The van der Waals surface area contributed by atoms with E-state index in [9.17, 15) is 4.39 Å². The van der Waals surface area contributed by atoms with E-state index in [2.05, 4.69) is 20.3 Å². The van der Waals surface area contributed by atoms with Crippen LogP contribution < -0.4 is 10.1 Å². The Morgan fingerprint density at radius 3 is 2.77 bits per heavy atom. The van der Waals surface area contributed by atoms with Crippen molar-refractivity contribution in [2.75, 3.05) is 12.4 Å². The van der Waals surface area contributed by atoms with Crippen molar-refractivity contribution in [2.24, 2.45) is 0 Å². The zero-order chi connectivity index (χ0) is 15.5. The average Bonchev–Trinajstić information content (AvgIpc) is 2.96. The van der Waals surface area contributed by atoms with Crippen molar-refractivity contribution >= 4 is 17.2 Å². The number of ether oxygens (including phenoxy) is 1. The number of nitrogens with zero attached hydrogens (tertiary/aromatic N) is 3. The minimum Gasteiger partial charge on any atom is -0.481 e. The topological polar surface area (TPSA) is 59.9 Å². The van der Waals surface area contributed by atoms with Crippen molar-refractivity contribution < 1.29 is 9.13 Å². The minimum atomic E-state index is -0.833. The Balaban J connectivity index is 1.87. The highest BCUT2D eigenvalue weighted by molar-refractivity contribution is 7.13. The number of halogens is 1. The lowest BCUT2D eigenvalue weighted by atomic mass is 9.94. The normalized spacial score (nSPS) is 21.6. The number of methoxy groups -OCH3 is 1. The van der Waals surface area contributed by atoms with Crippen LogP contribution in [-0.2, 0) is 0 Å². The number of aryl methyl sites for hydroxylation is 1. The molecule has 2 heterocycles. The Hall–Kier alpha value is -1.76. The lowest BCUT2D eigenvalue weighted by Crippen LogP contribution is -2.33.